The van der Waals surface area contributed by atoms with Crippen molar-refractivity contribution < 1.29 is 8.42 Å². The average Bonchev–Trinajstić information content (AvgIpc) is 2.77. The summed E-state index contributed by atoms with van der Waals surface area (Å²) in [6, 6.07) is 0.275. The van der Waals surface area contributed by atoms with Crippen molar-refractivity contribution in [2.75, 3.05) is 18.8 Å². The topological polar surface area (TPSA) is 71.1 Å². The smallest absolute Gasteiger partial charge is 0.212 e. The third-order valence-corrected chi connectivity index (χ3v) is 7.11. The molecule has 2 aliphatic carbocycles. The summed E-state index contributed by atoms with van der Waals surface area (Å²) in [6.07, 6.45) is 6.82. The summed E-state index contributed by atoms with van der Waals surface area (Å²) in [6.45, 7) is 3.15. The van der Waals surface area contributed by atoms with Crippen LogP contribution < -0.4 is 10.0 Å². The second kappa shape index (κ2) is 6.95. The second-order valence-electron chi connectivity index (χ2n) is 6.41. The molecular formula is C15H25N3O2S2. The first-order chi connectivity index (χ1) is 10.5. The molecule has 5 nitrogen and oxygen atoms in total. The first-order valence-corrected chi connectivity index (χ1v) is 10.7. The van der Waals surface area contributed by atoms with E-state index in [-0.39, 0.29) is 11.8 Å². The van der Waals surface area contributed by atoms with Crippen molar-refractivity contribution in [3.8, 4) is 0 Å². The van der Waals surface area contributed by atoms with E-state index in [1.807, 2.05) is 6.92 Å². The van der Waals surface area contributed by atoms with Gasteiger partial charge in [0.05, 0.1) is 16.5 Å². The van der Waals surface area contributed by atoms with E-state index in [0.29, 0.717) is 19.0 Å². The summed E-state index contributed by atoms with van der Waals surface area (Å²) in [5.74, 6) is 0.715. The summed E-state index contributed by atoms with van der Waals surface area (Å²) in [7, 11) is -3.15. The summed E-state index contributed by atoms with van der Waals surface area (Å²) >= 11 is 1.74. The van der Waals surface area contributed by atoms with Gasteiger partial charge in [0, 0.05) is 24.0 Å². The van der Waals surface area contributed by atoms with Crippen molar-refractivity contribution in [1.82, 2.24) is 15.0 Å². The molecule has 3 rings (SSSR count). The minimum absolute atomic E-state index is 0.156. The number of nitrogens with zero attached hydrogens (tertiary/aromatic N) is 1. The maximum Gasteiger partial charge on any atom is 0.212 e. The van der Waals surface area contributed by atoms with Gasteiger partial charge in [-0.15, -0.1) is 11.3 Å². The van der Waals surface area contributed by atoms with Gasteiger partial charge >= 0.3 is 0 Å². The second-order valence-corrected chi connectivity index (χ2v) is 9.57. The first kappa shape index (κ1) is 16.4. The molecule has 1 heterocycles. The molecule has 1 fully saturated rings. The Morgan fingerprint density at radius 3 is 2.82 bits per heavy atom. The van der Waals surface area contributed by atoms with Crippen LogP contribution in [0.2, 0.25) is 0 Å². The molecule has 1 saturated carbocycles. The van der Waals surface area contributed by atoms with E-state index in [0.717, 1.165) is 37.1 Å². The highest BCUT2D eigenvalue weighted by Gasteiger charge is 2.24. The number of aryl methyl sites for hydroxylation is 2. The van der Waals surface area contributed by atoms with Gasteiger partial charge in [-0.3, -0.25) is 0 Å². The lowest BCUT2D eigenvalue weighted by atomic mass is 9.86. The zero-order valence-corrected chi connectivity index (χ0v) is 14.7. The van der Waals surface area contributed by atoms with Crippen LogP contribution in [-0.4, -0.2) is 32.2 Å². The van der Waals surface area contributed by atoms with Gasteiger partial charge in [-0.1, -0.05) is 6.42 Å². The number of hydrogen-bond donors (Lipinski definition) is 2. The minimum atomic E-state index is -3.15. The molecule has 1 aromatic rings. The molecule has 0 unspecified atom stereocenters. The molecule has 2 N–H and O–H groups in total. The number of aromatic nitrogens is 1. The largest absolute Gasteiger partial charge is 0.308 e. The SMILES string of the molecule is Cc1nc2c(s1)[C@H](NCCS(=O)(=O)NCC1CCC1)CCC2. The fraction of sp³-hybridized carbons (Fsp3) is 0.800. The van der Waals surface area contributed by atoms with Crippen LogP contribution >= 0.6 is 11.3 Å². The molecule has 124 valence electrons. The summed E-state index contributed by atoms with van der Waals surface area (Å²) in [5.41, 5.74) is 1.21. The third kappa shape index (κ3) is 4.07. The van der Waals surface area contributed by atoms with Crippen molar-refractivity contribution >= 4 is 21.4 Å². The Bertz CT molecular complexity index is 608. The summed E-state index contributed by atoms with van der Waals surface area (Å²) in [5, 5.41) is 4.52. The quantitative estimate of drug-likeness (QED) is 0.796. The Labute approximate surface area is 137 Å². The highest BCUT2D eigenvalue weighted by Crippen LogP contribution is 2.33. The maximum atomic E-state index is 12.0. The van der Waals surface area contributed by atoms with E-state index < -0.39 is 10.0 Å². The molecule has 1 atom stereocenters. The zero-order valence-electron chi connectivity index (χ0n) is 13.1. The van der Waals surface area contributed by atoms with Gasteiger partial charge < -0.3 is 5.32 Å². The van der Waals surface area contributed by atoms with E-state index in [1.165, 1.54) is 17.0 Å². The van der Waals surface area contributed by atoms with Gasteiger partial charge in [-0.25, -0.2) is 18.1 Å². The Hall–Kier alpha value is -0.500. The number of sulfonamides is 1. The van der Waals surface area contributed by atoms with Gasteiger partial charge in [0.25, 0.3) is 0 Å². The number of fused-ring (bicyclic) bond motifs is 1. The van der Waals surface area contributed by atoms with Crippen molar-refractivity contribution in [3.05, 3.63) is 15.6 Å². The van der Waals surface area contributed by atoms with E-state index in [4.69, 9.17) is 0 Å². The van der Waals surface area contributed by atoms with Crippen LogP contribution in [0.5, 0.6) is 0 Å². The molecule has 22 heavy (non-hydrogen) atoms. The Morgan fingerprint density at radius 1 is 1.27 bits per heavy atom. The minimum Gasteiger partial charge on any atom is -0.308 e. The van der Waals surface area contributed by atoms with Crippen molar-refractivity contribution in [1.29, 1.82) is 0 Å². The lowest BCUT2D eigenvalue weighted by molar-refractivity contribution is 0.316. The Kier molecular flexibility index (Phi) is 5.17. The van der Waals surface area contributed by atoms with Gasteiger partial charge in [-0.2, -0.15) is 0 Å². The van der Waals surface area contributed by atoms with Crippen LogP contribution in [0.15, 0.2) is 0 Å². The third-order valence-electron chi connectivity index (χ3n) is 4.64. The molecule has 2 aliphatic rings. The Balaban J connectivity index is 1.46. The van der Waals surface area contributed by atoms with Gasteiger partial charge in [0.15, 0.2) is 0 Å². The van der Waals surface area contributed by atoms with Crippen LogP contribution in [-0.2, 0) is 16.4 Å². The van der Waals surface area contributed by atoms with Gasteiger partial charge in [0.2, 0.25) is 10.0 Å². The molecule has 0 radical (unpaired) electrons. The van der Waals surface area contributed by atoms with Crippen LogP contribution in [0.4, 0.5) is 0 Å². The molecule has 0 aromatic carbocycles. The molecular weight excluding hydrogens is 318 g/mol. The van der Waals surface area contributed by atoms with Gasteiger partial charge in [-0.05, 0) is 44.9 Å². The molecule has 0 amide bonds. The van der Waals surface area contributed by atoms with E-state index in [1.54, 1.807) is 11.3 Å². The van der Waals surface area contributed by atoms with Crippen LogP contribution in [0, 0.1) is 12.8 Å². The highest BCUT2D eigenvalue weighted by molar-refractivity contribution is 7.89. The van der Waals surface area contributed by atoms with Gasteiger partial charge in [0.1, 0.15) is 0 Å². The fourth-order valence-electron chi connectivity index (χ4n) is 3.12. The molecule has 0 spiro atoms. The number of rotatable bonds is 7. The van der Waals surface area contributed by atoms with E-state index >= 15 is 0 Å². The van der Waals surface area contributed by atoms with E-state index in [2.05, 4.69) is 15.0 Å². The molecule has 0 bridgehead atoms. The molecule has 7 heteroatoms. The van der Waals surface area contributed by atoms with Crippen molar-refractivity contribution in [2.24, 2.45) is 5.92 Å². The number of thiazole rings is 1. The molecule has 1 aromatic heterocycles. The fourth-order valence-corrected chi connectivity index (χ4v) is 5.22. The molecule has 0 aliphatic heterocycles. The monoisotopic (exact) mass is 343 g/mol. The van der Waals surface area contributed by atoms with Crippen LogP contribution in [0.3, 0.4) is 0 Å². The number of nitrogens with one attached hydrogen (secondary N) is 2. The summed E-state index contributed by atoms with van der Waals surface area (Å²) < 4.78 is 26.8. The first-order valence-electron chi connectivity index (χ1n) is 8.20. The lowest BCUT2D eigenvalue weighted by Crippen LogP contribution is -2.37. The Morgan fingerprint density at radius 2 is 2.09 bits per heavy atom. The van der Waals surface area contributed by atoms with E-state index in [9.17, 15) is 8.42 Å². The predicted octanol–water partition coefficient (Wildman–Crippen LogP) is 2.14. The lowest BCUT2D eigenvalue weighted by Gasteiger charge is -2.25. The average molecular weight is 344 g/mol. The highest BCUT2D eigenvalue weighted by atomic mass is 32.2. The zero-order chi connectivity index (χ0) is 15.6. The van der Waals surface area contributed by atoms with Crippen molar-refractivity contribution in [3.63, 3.8) is 0 Å². The van der Waals surface area contributed by atoms with Crippen LogP contribution in [0.25, 0.3) is 0 Å². The maximum absolute atomic E-state index is 12.0. The predicted molar refractivity (Wildman–Crippen MR) is 89.7 cm³/mol. The van der Waals surface area contributed by atoms with Crippen molar-refractivity contribution in [2.45, 2.75) is 51.5 Å². The normalized spacial score (nSPS) is 22.3. The standard InChI is InChI=1S/C15H25N3O2S2/c1-11-18-14-7-3-6-13(15(14)21-11)16-8-9-22(19,20)17-10-12-4-2-5-12/h12-13,16-17H,2-10H2,1H3/t13-/m1/s1. The summed E-state index contributed by atoms with van der Waals surface area (Å²) in [4.78, 5) is 5.88. The molecule has 0 saturated heterocycles. The van der Waals surface area contributed by atoms with Crippen LogP contribution in [0.1, 0.15) is 53.7 Å². The number of hydrogen-bond acceptors (Lipinski definition) is 5.